The van der Waals surface area contributed by atoms with Crippen LogP contribution in [0.5, 0.6) is 11.5 Å². The van der Waals surface area contributed by atoms with Gasteiger partial charge in [0.1, 0.15) is 11.5 Å². The zero-order valence-corrected chi connectivity index (χ0v) is 9.36. The largest absolute Gasteiger partial charge is 0.506 e. The fourth-order valence-electron chi connectivity index (χ4n) is 1.15. The minimum absolute atomic E-state index is 0.0454. The van der Waals surface area contributed by atoms with Crippen LogP contribution in [-0.4, -0.2) is 24.2 Å². The van der Waals surface area contributed by atoms with Crippen molar-refractivity contribution in [3.05, 3.63) is 18.2 Å². The van der Waals surface area contributed by atoms with Gasteiger partial charge >= 0.3 is 0 Å². The Kier molecular flexibility index (Phi) is 4.13. The molecule has 4 N–H and O–H groups in total. The van der Waals surface area contributed by atoms with Gasteiger partial charge in [0.15, 0.2) is 0 Å². The number of carbonyl (C=O) groups excluding carboxylic acids is 1. The number of rotatable bonds is 4. The number of ether oxygens (including phenoxy) is 1. The van der Waals surface area contributed by atoms with Crippen molar-refractivity contribution in [2.75, 3.05) is 12.4 Å². The molecule has 1 rings (SSSR count). The van der Waals surface area contributed by atoms with E-state index in [2.05, 4.69) is 5.32 Å². The number of methoxy groups -OCH3 is 1. The Morgan fingerprint density at radius 1 is 1.62 bits per heavy atom. The van der Waals surface area contributed by atoms with Gasteiger partial charge < -0.3 is 20.9 Å². The Bertz CT molecular complexity index is 379. The summed E-state index contributed by atoms with van der Waals surface area (Å²) in [4.78, 5) is 11.5. The number of anilines is 1. The molecule has 1 amide bonds. The van der Waals surface area contributed by atoms with Gasteiger partial charge in [-0.1, -0.05) is 6.92 Å². The number of carbonyl (C=O) groups is 1. The highest BCUT2D eigenvalue weighted by molar-refractivity contribution is 5.95. The smallest absolute Gasteiger partial charge is 0.241 e. The van der Waals surface area contributed by atoms with E-state index in [9.17, 15) is 9.90 Å². The van der Waals surface area contributed by atoms with Gasteiger partial charge in [-0.05, 0) is 18.6 Å². The number of nitrogens with two attached hydrogens (primary N) is 1. The highest BCUT2D eigenvalue weighted by Crippen LogP contribution is 2.27. The third kappa shape index (κ3) is 2.87. The van der Waals surface area contributed by atoms with E-state index in [4.69, 9.17) is 10.5 Å². The molecule has 0 aliphatic carbocycles. The summed E-state index contributed by atoms with van der Waals surface area (Å²) < 4.78 is 4.93. The number of aromatic hydroxyl groups is 1. The van der Waals surface area contributed by atoms with Crippen LogP contribution in [0.1, 0.15) is 13.3 Å². The van der Waals surface area contributed by atoms with Crippen molar-refractivity contribution in [2.24, 2.45) is 5.73 Å². The van der Waals surface area contributed by atoms with E-state index in [0.717, 1.165) is 0 Å². The zero-order chi connectivity index (χ0) is 12.1. The summed E-state index contributed by atoms with van der Waals surface area (Å²) in [5.41, 5.74) is 5.88. The molecule has 0 aliphatic heterocycles. The molecule has 0 unspecified atom stereocenters. The molecule has 16 heavy (non-hydrogen) atoms. The minimum Gasteiger partial charge on any atom is -0.506 e. The molecule has 0 aromatic heterocycles. The number of nitrogens with one attached hydrogen (secondary N) is 1. The van der Waals surface area contributed by atoms with Crippen molar-refractivity contribution in [1.82, 2.24) is 0 Å². The van der Waals surface area contributed by atoms with Gasteiger partial charge in [0, 0.05) is 6.07 Å². The van der Waals surface area contributed by atoms with E-state index in [1.807, 2.05) is 6.92 Å². The summed E-state index contributed by atoms with van der Waals surface area (Å²) >= 11 is 0. The van der Waals surface area contributed by atoms with Crippen molar-refractivity contribution >= 4 is 11.6 Å². The van der Waals surface area contributed by atoms with Gasteiger partial charge in [-0.25, -0.2) is 0 Å². The molecule has 5 heteroatoms. The predicted molar refractivity (Wildman–Crippen MR) is 61.6 cm³/mol. The normalized spacial score (nSPS) is 11.9. The zero-order valence-electron chi connectivity index (χ0n) is 9.36. The van der Waals surface area contributed by atoms with E-state index in [1.54, 1.807) is 12.1 Å². The molecule has 5 nitrogen and oxygen atoms in total. The van der Waals surface area contributed by atoms with Crippen molar-refractivity contribution in [1.29, 1.82) is 0 Å². The second kappa shape index (κ2) is 5.37. The number of phenols is 1. The molecule has 0 spiro atoms. The van der Waals surface area contributed by atoms with Gasteiger partial charge in [0.05, 0.1) is 18.8 Å². The molecule has 1 aromatic rings. The lowest BCUT2D eigenvalue weighted by Crippen LogP contribution is -2.34. The molecule has 1 aromatic carbocycles. The first kappa shape index (κ1) is 12.3. The molecule has 0 aliphatic rings. The number of amides is 1. The lowest BCUT2D eigenvalue weighted by Gasteiger charge is -2.11. The summed E-state index contributed by atoms with van der Waals surface area (Å²) in [6.07, 6.45) is 0.544. The molecule has 0 heterocycles. The lowest BCUT2D eigenvalue weighted by molar-refractivity contribution is -0.117. The van der Waals surface area contributed by atoms with Gasteiger partial charge in [0.25, 0.3) is 0 Å². The van der Waals surface area contributed by atoms with Gasteiger partial charge in [-0.15, -0.1) is 0 Å². The van der Waals surface area contributed by atoms with Crippen LogP contribution in [0.15, 0.2) is 18.2 Å². The number of hydrogen-bond donors (Lipinski definition) is 3. The van der Waals surface area contributed by atoms with Crippen LogP contribution in [0, 0.1) is 0 Å². The number of hydrogen-bond acceptors (Lipinski definition) is 4. The fraction of sp³-hybridized carbons (Fsp3) is 0.364. The van der Waals surface area contributed by atoms with Gasteiger partial charge in [0.2, 0.25) is 5.91 Å². The maximum absolute atomic E-state index is 11.5. The van der Waals surface area contributed by atoms with Crippen LogP contribution in [-0.2, 0) is 4.79 Å². The maximum atomic E-state index is 11.5. The minimum atomic E-state index is -0.568. The van der Waals surface area contributed by atoms with E-state index in [-0.39, 0.29) is 11.7 Å². The summed E-state index contributed by atoms with van der Waals surface area (Å²) in [6.45, 7) is 1.82. The molecular formula is C11H16N2O3. The van der Waals surface area contributed by atoms with Crippen LogP contribution < -0.4 is 15.8 Å². The fourth-order valence-corrected chi connectivity index (χ4v) is 1.15. The highest BCUT2D eigenvalue weighted by atomic mass is 16.5. The number of benzene rings is 1. The first-order chi connectivity index (χ1) is 7.58. The highest BCUT2D eigenvalue weighted by Gasteiger charge is 2.13. The number of phenolic OH excluding ortho intramolecular Hbond substituents is 1. The van der Waals surface area contributed by atoms with E-state index < -0.39 is 6.04 Å². The Balaban J connectivity index is 2.78. The molecule has 0 radical (unpaired) electrons. The van der Waals surface area contributed by atoms with Crippen molar-refractivity contribution in [3.63, 3.8) is 0 Å². The molecule has 1 atom stereocenters. The summed E-state index contributed by atoms with van der Waals surface area (Å²) in [6, 6.07) is 4.07. The molecular weight excluding hydrogens is 208 g/mol. The second-order valence-electron chi connectivity index (χ2n) is 3.39. The van der Waals surface area contributed by atoms with Crippen LogP contribution in [0.25, 0.3) is 0 Å². The van der Waals surface area contributed by atoms with Crippen molar-refractivity contribution < 1.29 is 14.6 Å². The van der Waals surface area contributed by atoms with Crippen LogP contribution in [0.2, 0.25) is 0 Å². The predicted octanol–water partition coefficient (Wildman–Crippen LogP) is 1.08. The Morgan fingerprint density at radius 3 is 2.81 bits per heavy atom. The topological polar surface area (TPSA) is 84.6 Å². The third-order valence-corrected chi connectivity index (χ3v) is 2.24. The molecule has 0 fully saturated rings. The summed E-state index contributed by atoms with van der Waals surface area (Å²) in [5.74, 6) is 0.161. The van der Waals surface area contributed by atoms with Gasteiger partial charge in [-0.3, -0.25) is 4.79 Å². The maximum Gasteiger partial charge on any atom is 0.241 e. The standard InChI is InChI=1S/C11H16N2O3/c1-3-8(12)11(15)13-9-5-4-7(16-2)6-10(9)14/h4-6,8,14H,3,12H2,1-2H3,(H,13,15)/t8-/m0/s1. The average Bonchev–Trinajstić information content (AvgIpc) is 2.30. The first-order valence-electron chi connectivity index (χ1n) is 5.02. The van der Waals surface area contributed by atoms with E-state index >= 15 is 0 Å². The summed E-state index contributed by atoms with van der Waals surface area (Å²) in [7, 11) is 1.50. The van der Waals surface area contributed by atoms with E-state index in [0.29, 0.717) is 17.9 Å². The monoisotopic (exact) mass is 224 g/mol. The average molecular weight is 224 g/mol. The van der Waals surface area contributed by atoms with Crippen molar-refractivity contribution in [2.45, 2.75) is 19.4 Å². The molecule has 0 saturated heterocycles. The molecule has 0 saturated carbocycles. The van der Waals surface area contributed by atoms with Gasteiger partial charge in [-0.2, -0.15) is 0 Å². The summed E-state index contributed by atoms with van der Waals surface area (Å²) in [5, 5.41) is 12.1. The SMILES string of the molecule is CC[C@H](N)C(=O)Nc1ccc(OC)cc1O. The van der Waals surface area contributed by atoms with Crippen LogP contribution in [0.4, 0.5) is 5.69 Å². The third-order valence-electron chi connectivity index (χ3n) is 2.24. The quantitative estimate of drug-likeness (QED) is 0.668. The van der Waals surface area contributed by atoms with Crippen LogP contribution >= 0.6 is 0 Å². The second-order valence-corrected chi connectivity index (χ2v) is 3.39. The van der Waals surface area contributed by atoms with Crippen LogP contribution in [0.3, 0.4) is 0 Å². The molecule has 0 bridgehead atoms. The Morgan fingerprint density at radius 2 is 2.31 bits per heavy atom. The Hall–Kier alpha value is -1.75. The lowest BCUT2D eigenvalue weighted by atomic mass is 10.2. The Labute approximate surface area is 94.2 Å². The molecule has 88 valence electrons. The van der Waals surface area contributed by atoms with E-state index in [1.165, 1.54) is 13.2 Å². The first-order valence-corrected chi connectivity index (χ1v) is 5.02. The van der Waals surface area contributed by atoms with Crippen molar-refractivity contribution in [3.8, 4) is 11.5 Å².